The quantitative estimate of drug-likeness (QED) is 0.460. The van der Waals surface area contributed by atoms with E-state index in [4.69, 9.17) is 0 Å². The first-order chi connectivity index (χ1) is 4.86. The molecule has 2 rings (SSSR count). The van der Waals surface area contributed by atoms with E-state index in [1.54, 1.807) is 0 Å². The molecular formula is C7H6MgN2S. The number of hydrogen-bond donors (Lipinski definition) is 2. The summed E-state index contributed by atoms with van der Waals surface area (Å²) in [5.74, 6) is 0. The number of nitrogens with zero attached hydrogens (tertiary/aromatic N) is 1. The minimum Gasteiger partial charge on any atom is -0.333 e. The molecule has 0 aliphatic heterocycles. The standard InChI is InChI=1S/C7H6N2S.Mg/c10-7-8-5-3-1-2-4-6(5)9-7;/h1-4H,(H2,8,9,10);. The predicted octanol–water partition coefficient (Wildman–Crippen LogP) is 1.47. The molecule has 1 N–H and O–H groups in total. The van der Waals surface area contributed by atoms with Crippen molar-refractivity contribution in [2.75, 3.05) is 0 Å². The Labute approximate surface area is 86.0 Å². The van der Waals surface area contributed by atoms with Crippen LogP contribution in [-0.2, 0) is 0 Å². The highest BCUT2D eigenvalue weighted by atomic mass is 32.1. The monoisotopic (exact) mass is 174 g/mol. The van der Waals surface area contributed by atoms with Gasteiger partial charge < -0.3 is 4.98 Å². The Morgan fingerprint density at radius 3 is 2.73 bits per heavy atom. The third-order valence-electron chi connectivity index (χ3n) is 1.38. The minimum atomic E-state index is 0. The first-order valence-corrected chi connectivity index (χ1v) is 3.45. The summed E-state index contributed by atoms with van der Waals surface area (Å²) in [5, 5.41) is 0.668. The number of aromatic amines is 1. The Kier molecular flexibility index (Phi) is 2.81. The van der Waals surface area contributed by atoms with Crippen LogP contribution in [0.5, 0.6) is 0 Å². The SMILES string of the molecule is Sc1nc2ccccc2[nH]1.[Mg]. The fraction of sp³-hybridized carbons (Fsp3) is 0. The maximum absolute atomic E-state index is 4.12. The van der Waals surface area contributed by atoms with Gasteiger partial charge in [-0.1, -0.05) is 12.1 Å². The topological polar surface area (TPSA) is 28.7 Å². The fourth-order valence-corrected chi connectivity index (χ4v) is 1.17. The van der Waals surface area contributed by atoms with Crippen LogP contribution < -0.4 is 0 Å². The summed E-state index contributed by atoms with van der Waals surface area (Å²) in [4.78, 5) is 7.13. The molecule has 1 heterocycles. The highest BCUT2D eigenvalue weighted by Crippen LogP contribution is 2.11. The van der Waals surface area contributed by atoms with E-state index >= 15 is 0 Å². The molecule has 0 fully saturated rings. The van der Waals surface area contributed by atoms with Gasteiger partial charge >= 0.3 is 0 Å². The number of aromatic nitrogens is 2. The van der Waals surface area contributed by atoms with Gasteiger partial charge in [-0.25, -0.2) is 4.98 Å². The van der Waals surface area contributed by atoms with Crippen LogP contribution in [0.3, 0.4) is 0 Å². The van der Waals surface area contributed by atoms with E-state index in [1.807, 2.05) is 24.3 Å². The zero-order chi connectivity index (χ0) is 6.97. The van der Waals surface area contributed by atoms with Crippen LogP contribution in [0.15, 0.2) is 29.4 Å². The van der Waals surface area contributed by atoms with Crippen molar-refractivity contribution in [1.82, 2.24) is 9.97 Å². The Balaban J connectivity index is 0.000000605. The zero-order valence-corrected chi connectivity index (χ0v) is 8.22. The van der Waals surface area contributed by atoms with Crippen molar-refractivity contribution in [3.05, 3.63) is 24.3 Å². The number of nitrogens with one attached hydrogen (secondary N) is 1. The van der Waals surface area contributed by atoms with E-state index < -0.39 is 0 Å². The smallest absolute Gasteiger partial charge is 0.163 e. The molecule has 1 aromatic carbocycles. The normalized spacial score (nSPS) is 9.55. The van der Waals surface area contributed by atoms with Gasteiger partial charge in [-0.3, -0.25) is 0 Å². The van der Waals surface area contributed by atoms with E-state index in [0.29, 0.717) is 5.16 Å². The summed E-state index contributed by atoms with van der Waals surface area (Å²) in [5.41, 5.74) is 2.00. The van der Waals surface area contributed by atoms with Crippen molar-refractivity contribution < 1.29 is 0 Å². The summed E-state index contributed by atoms with van der Waals surface area (Å²) < 4.78 is 0. The Bertz CT molecular complexity index is 325. The second kappa shape index (κ2) is 3.47. The largest absolute Gasteiger partial charge is 0.333 e. The van der Waals surface area contributed by atoms with Crippen LogP contribution in [0.1, 0.15) is 0 Å². The van der Waals surface area contributed by atoms with Crippen molar-refractivity contribution in [3.63, 3.8) is 0 Å². The molecule has 4 heteroatoms. The molecule has 0 aliphatic rings. The first kappa shape index (κ1) is 8.90. The molecule has 0 saturated heterocycles. The van der Waals surface area contributed by atoms with Gasteiger partial charge in [-0.2, -0.15) is 0 Å². The van der Waals surface area contributed by atoms with Crippen molar-refractivity contribution >= 4 is 46.7 Å². The maximum Gasteiger partial charge on any atom is 0.163 e. The molecule has 2 nitrogen and oxygen atoms in total. The van der Waals surface area contributed by atoms with Crippen LogP contribution >= 0.6 is 12.6 Å². The van der Waals surface area contributed by atoms with Crippen molar-refractivity contribution in [2.24, 2.45) is 0 Å². The van der Waals surface area contributed by atoms with E-state index in [2.05, 4.69) is 22.6 Å². The van der Waals surface area contributed by atoms with Gasteiger partial charge in [0.25, 0.3) is 0 Å². The fourth-order valence-electron chi connectivity index (χ4n) is 0.939. The third kappa shape index (κ3) is 1.69. The molecule has 0 amide bonds. The van der Waals surface area contributed by atoms with E-state index in [1.165, 1.54) is 0 Å². The third-order valence-corrected chi connectivity index (χ3v) is 1.59. The summed E-state index contributed by atoms with van der Waals surface area (Å²) >= 11 is 4.08. The summed E-state index contributed by atoms with van der Waals surface area (Å²) in [7, 11) is 0. The first-order valence-electron chi connectivity index (χ1n) is 3.00. The number of hydrogen-bond acceptors (Lipinski definition) is 2. The number of rotatable bonds is 0. The molecule has 0 bridgehead atoms. The lowest BCUT2D eigenvalue weighted by molar-refractivity contribution is 1.09. The van der Waals surface area contributed by atoms with Crippen LogP contribution in [0.25, 0.3) is 11.0 Å². The lowest BCUT2D eigenvalue weighted by Gasteiger charge is -1.81. The van der Waals surface area contributed by atoms with Gasteiger partial charge in [0.2, 0.25) is 0 Å². The summed E-state index contributed by atoms with van der Waals surface area (Å²) in [6.45, 7) is 0. The maximum atomic E-state index is 4.12. The predicted molar refractivity (Wildman–Crippen MR) is 49.1 cm³/mol. The van der Waals surface area contributed by atoms with Gasteiger partial charge in [-0.15, -0.1) is 12.6 Å². The Morgan fingerprint density at radius 2 is 2.00 bits per heavy atom. The highest BCUT2D eigenvalue weighted by Gasteiger charge is 1.94. The van der Waals surface area contributed by atoms with Gasteiger partial charge in [-0.05, 0) is 12.1 Å². The Morgan fingerprint density at radius 1 is 1.27 bits per heavy atom. The molecular weight excluding hydrogens is 168 g/mol. The van der Waals surface area contributed by atoms with Gasteiger partial charge in [0.05, 0.1) is 11.0 Å². The van der Waals surface area contributed by atoms with E-state index in [-0.39, 0.29) is 23.1 Å². The van der Waals surface area contributed by atoms with Crippen LogP contribution in [0, 0.1) is 0 Å². The van der Waals surface area contributed by atoms with Gasteiger partial charge in [0.15, 0.2) is 5.16 Å². The van der Waals surface area contributed by atoms with E-state index in [0.717, 1.165) is 11.0 Å². The summed E-state index contributed by atoms with van der Waals surface area (Å²) in [6, 6.07) is 7.84. The number of benzene rings is 1. The molecule has 0 saturated carbocycles. The number of H-pyrrole nitrogens is 1. The zero-order valence-electron chi connectivity index (χ0n) is 5.91. The molecule has 52 valence electrons. The lowest BCUT2D eigenvalue weighted by Crippen LogP contribution is -1.63. The van der Waals surface area contributed by atoms with Gasteiger partial charge in [0.1, 0.15) is 0 Å². The molecule has 2 radical (unpaired) electrons. The second-order valence-corrected chi connectivity index (χ2v) is 2.50. The second-order valence-electron chi connectivity index (χ2n) is 2.08. The van der Waals surface area contributed by atoms with Crippen molar-refractivity contribution in [1.29, 1.82) is 0 Å². The molecule has 1 aromatic heterocycles. The van der Waals surface area contributed by atoms with Crippen LogP contribution in [0.2, 0.25) is 0 Å². The molecule has 0 unspecified atom stereocenters. The van der Waals surface area contributed by atoms with E-state index in [9.17, 15) is 0 Å². The molecule has 2 aromatic rings. The Hall–Kier alpha value is -0.194. The molecule has 0 aliphatic carbocycles. The average molecular weight is 175 g/mol. The van der Waals surface area contributed by atoms with Crippen LogP contribution in [-0.4, -0.2) is 33.0 Å². The van der Waals surface area contributed by atoms with Crippen molar-refractivity contribution in [2.45, 2.75) is 5.16 Å². The molecule has 0 spiro atoms. The minimum absolute atomic E-state index is 0. The molecule has 11 heavy (non-hydrogen) atoms. The number of fused-ring (bicyclic) bond motifs is 1. The van der Waals surface area contributed by atoms with Gasteiger partial charge in [0, 0.05) is 23.1 Å². The number of imidazole rings is 1. The van der Waals surface area contributed by atoms with Crippen molar-refractivity contribution in [3.8, 4) is 0 Å². The highest BCUT2D eigenvalue weighted by molar-refractivity contribution is 7.80. The van der Waals surface area contributed by atoms with Crippen LogP contribution in [0.4, 0.5) is 0 Å². The number of thiol groups is 1. The average Bonchev–Trinajstić information content (AvgIpc) is 2.27. The molecule has 0 atom stereocenters. The lowest BCUT2D eigenvalue weighted by atomic mass is 10.3. The summed E-state index contributed by atoms with van der Waals surface area (Å²) in [6.07, 6.45) is 0. The number of para-hydroxylation sites is 2.